The van der Waals surface area contributed by atoms with Crippen LogP contribution in [-0.4, -0.2) is 47.5 Å². The van der Waals surface area contributed by atoms with Crippen molar-refractivity contribution in [2.45, 2.75) is 52.4 Å². The molecule has 2 heterocycles. The van der Waals surface area contributed by atoms with Crippen LogP contribution < -0.4 is 4.90 Å². The van der Waals surface area contributed by atoms with Crippen molar-refractivity contribution in [1.29, 1.82) is 0 Å². The van der Waals surface area contributed by atoms with E-state index >= 15 is 0 Å². The first-order valence-electron chi connectivity index (χ1n) is 11.5. The largest absolute Gasteiger partial charge is 0.481 e. The van der Waals surface area contributed by atoms with Crippen LogP contribution in [0.1, 0.15) is 51.5 Å². The van der Waals surface area contributed by atoms with Gasteiger partial charge in [-0.1, -0.05) is 19.1 Å². The molecule has 1 aromatic rings. The number of nitrogens with zero attached hydrogens (tertiary/aromatic N) is 4. The number of carbonyl (C=O) groups is 1. The fourth-order valence-electron chi connectivity index (χ4n) is 4.06. The highest BCUT2D eigenvalue weighted by Crippen LogP contribution is 2.28. The van der Waals surface area contributed by atoms with Gasteiger partial charge in [0.15, 0.2) is 0 Å². The zero-order valence-electron chi connectivity index (χ0n) is 19.2. The Morgan fingerprint density at radius 1 is 1.28 bits per heavy atom. The SMILES string of the molecule is C=N/C(=C\C=C(/C)C1=CCC(C(=O)O)CC1)OCC1CCN(c2ncc(CC)cn2)CC1. The highest BCUT2D eigenvalue weighted by molar-refractivity contribution is 5.70. The molecule has 0 saturated carbocycles. The molecule has 0 spiro atoms. The molecule has 0 bridgehead atoms. The summed E-state index contributed by atoms with van der Waals surface area (Å²) in [4.78, 5) is 26.3. The number of aliphatic carboxylic acids is 1. The quantitative estimate of drug-likeness (QED) is 0.345. The fraction of sp³-hybridized carbons (Fsp3) is 0.520. The molecule has 172 valence electrons. The third-order valence-corrected chi connectivity index (χ3v) is 6.36. The van der Waals surface area contributed by atoms with Crippen molar-refractivity contribution in [1.82, 2.24) is 9.97 Å². The van der Waals surface area contributed by atoms with Gasteiger partial charge in [-0.15, -0.1) is 0 Å². The number of piperidine rings is 1. The zero-order valence-corrected chi connectivity index (χ0v) is 19.2. The van der Waals surface area contributed by atoms with E-state index in [2.05, 4.69) is 33.5 Å². The molecular formula is C25H34N4O3. The Balaban J connectivity index is 1.47. The van der Waals surface area contributed by atoms with Crippen molar-refractivity contribution in [3.8, 4) is 0 Å². The molecule has 0 amide bonds. The summed E-state index contributed by atoms with van der Waals surface area (Å²) in [7, 11) is 0. The highest BCUT2D eigenvalue weighted by Gasteiger charge is 2.22. The van der Waals surface area contributed by atoms with Crippen LogP contribution in [-0.2, 0) is 16.0 Å². The molecule has 1 fully saturated rings. The summed E-state index contributed by atoms with van der Waals surface area (Å²) < 4.78 is 5.93. The van der Waals surface area contributed by atoms with Crippen LogP contribution in [0, 0.1) is 11.8 Å². The summed E-state index contributed by atoms with van der Waals surface area (Å²) in [5.74, 6) is 0.823. The molecule has 1 atom stereocenters. The Morgan fingerprint density at radius 2 is 2.00 bits per heavy atom. The van der Waals surface area contributed by atoms with E-state index in [1.165, 1.54) is 5.57 Å². The summed E-state index contributed by atoms with van der Waals surface area (Å²) in [6.07, 6.45) is 14.8. The molecule has 32 heavy (non-hydrogen) atoms. The van der Waals surface area contributed by atoms with Gasteiger partial charge >= 0.3 is 5.97 Å². The minimum atomic E-state index is -0.707. The molecule has 1 saturated heterocycles. The summed E-state index contributed by atoms with van der Waals surface area (Å²) in [5, 5.41) is 9.13. The van der Waals surface area contributed by atoms with Crippen LogP contribution in [0.4, 0.5) is 5.95 Å². The normalized spacial score (nSPS) is 20.6. The van der Waals surface area contributed by atoms with E-state index < -0.39 is 5.97 Å². The van der Waals surface area contributed by atoms with Gasteiger partial charge in [0.25, 0.3) is 0 Å². The lowest BCUT2D eigenvalue weighted by Crippen LogP contribution is -2.36. The smallest absolute Gasteiger partial charge is 0.306 e. The minimum absolute atomic E-state index is 0.260. The van der Waals surface area contributed by atoms with E-state index in [0.717, 1.165) is 55.9 Å². The Hall–Kier alpha value is -2.96. The number of carboxylic acid groups (broad SMARTS) is 1. The number of allylic oxidation sites excluding steroid dienone is 5. The maximum atomic E-state index is 11.1. The number of aliphatic imine (C=N–C) groups is 1. The van der Waals surface area contributed by atoms with Crippen molar-refractivity contribution in [3.05, 3.63) is 53.2 Å². The van der Waals surface area contributed by atoms with E-state index in [1.54, 1.807) is 0 Å². The van der Waals surface area contributed by atoms with E-state index in [0.29, 0.717) is 31.2 Å². The standard InChI is InChI=1S/C25H34N4O3/c1-4-19-15-27-25(28-16-19)29-13-11-20(12-14-29)17-32-23(26-3)10-5-18(2)21-6-8-22(9-7-21)24(30)31/h5-6,10,15-16,20,22H,3-4,7-9,11-14,17H2,1-2H3,(H,30,31)/b18-5+,23-10+. The minimum Gasteiger partial charge on any atom is -0.481 e. The number of aryl methyl sites for hydroxylation is 1. The first-order chi connectivity index (χ1) is 15.5. The molecule has 1 aliphatic heterocycles. The first-order valence-corrected chi connectivity index (χ1v) is 11.5. The average molecular weight is 439 g/mol. The van der Waals surface area contributed by atoms with Crippen LogP contribution in [0.15, 0.2) is 52.6 Å². The number of hydrogen-bond donors (Lipinski definition) is 1. The summed E-state index contributed by atoms with van der Waals surface area (Å²) in [6, 6.07) is 0. The van der Waals surface area contributed by atoms with E-state index in [4.69, 9.17) is 9.84 Å². The number of anilines is 1. The lowest BCUT2D eigenvalue weighted by Gasteiger charge is -2.31. The topological polar surface area (TPSA) is 87.9 Å². The Morgan fingerprint density at radius 3 is 2.56 bits per heavy atom. The van der Waals surface area contributed by atoms with Gasteiger partial charge in [0.1, 0.15) is 0 Å². The maximum absolute atomic E-state index is 11.1. The predicted molar refractivity (Wildman–Crippen MR) is 127 cm³/mol. The van der Waals surface area contributed by atoms with Crippen molar-refractivity contribution in [2.75, 3.05) is 24.6 Å². The first kappa shape index (κ1) is 23.7. The van der Waals surface area contributed by atoms with Gasteiger partial charge in [-0.25, -0.2) is 15.0 Å². The molecule has 0 radical (unpaired) electrons. The molecule has 7 nitrogen and oxygen atoms in total. The molecule has 3 rings (SSSR count). The number of aromatic nitrogens is 2. The van der Waals surface area contributed by atoms with Crippen LogP contribution in [0.25, 0.3) is 0 Å². The van der Waals surface area contributed by atoms with Crippen molar-refractivity contribution in [2.24, 2.45) is 16.8 Å². The molecule has 1 aliphatic carbocycles. The van der Waals surface area contributed by atoms with E-state index in [9.17, 15) is 4.79 Å². The summed E-state index contributed by atoms with van der Waals surface area (Å²) >= 11 is 0. The predicted octanol–water partition coefficient (Wildman–Crippen LogP) is 4.57. The van der Waals surface area contributed by atoms with Gasteiger partial charge in [0, 0.05) is 31.6 Å². The Kier molecular flexibility index (Phi) is 8.59. The molecule has 1 aromatic heterocycles. The molecule has 1 unspecified atom stereocenters. The highest BCUT2D eigenvalue weighted by atomic mass is 16.5. The third kappa shape index (κ3) is 6.52. The van der Waals surface area contributed by atoms with Gasteiger partial charge in [-0.2, -0.15) is 0 Å². The molecule has 7 heteroatoms. The van der Waals surface area contributed by atoms with Crippen LogP contribution >= 0.6 is 0 Å². The lowest BCUT2D eigenvalue weighted by molar-refractivity contribution is -0.141. The van der Waals surface area contributed by atoms with Gasteiger partial charge < -0.3 is 14.7 Å². The van der Waals surface area contributed by atoms with Crippen LogP contribution in [0.2, 0.25) is 0 Å². The fourth-order valence-corrected chi connectivity index (χ4v) is 4.06. The summed E-state index contributed by atoms with van der Waals surface area (Å²) in [5.41, 5.74) is 3.46. The number of hydrogen-bond acceptors (Lipinski definition) is 6. The molecule has 2 aliphatic rings. The number of carboxylic acids is 1. The lowest BCUT2D eigenvalue weighted by atomic mass is 9.87. The Bertz CT molecular complexity index is 881. The summed E-state index contributed by atoms with van der Waals surface area (Å²) in [6.45, 7) is 10.2. The van der Waals surface area contributed by atoms with Crippen LogP contribution in [0.5, 0.6) is 0 Å². The van der Waals surface area contributed by atoms with Gasteiger partial charge in [-0.05, 0) is 74.8 Å². The zero-order chi connectivity index (χ0) is 22.9. The second-order valence-electron chi connectivity index (χ2n) is 8.54. The van der Waals surface area contributed by atoms with E-state index in [-0.39, 0.29) is 5.92 Å². The van der Waals surface area contributed by atoms with Crippen LogP contribution in [0.3, 0.4) is 0 Å². The van der Waals surface area contributed by atoms with Gasteiger partial charge in [0.05, 0.1) is 12.5 Å². The number of ether oxygens (including phenoxy) is 1. The molecular weight excluding hydrogens is 404 g/mol. The molecule has 0 aromatic carbocycles. The monoisotopic (exact) mass is 438 g/mol. The average Bonchev–Trinajstić information content (AvgIpc) is 2.84. The van der Waals surface area contributed by atoms with Gasteiger partial charge in [-0.3, -0.25) is 4.79 Å². The Labute approximate surface area is 190 Å². The third-order valence-electron chi connectivity index (χ3n) is 6.36. The second-order valence-corrected chi connectivity index (χ2v) is 8.54. The van der Waals surface area contributed by atoms with Crippen molar-refractivity contribution < 1.29 is 14.6 Å². The number of rotatable bonds is 9. The second kappa shape index (κ2) is 11.6. The maximum Gasteiger partial charge on any atom is 0.306 e. The molecule has 1 N–H and O–H groups in total. The van der Waals surface area contributed by atoms with E-state index in [1.807, 2.05) is 37.5 Å². The van der Waals surface area contributed by atoms with Crippen molar-refractivity contribution in [3.63, 3.8) is 0 Å². The van der Waals surface area contributed by atoms with Crippen molar-refractivity contribution >= 4 is 18.6 Å². The van der Waals surface area contributed by atoms with Gasteiger partial charge in [0.2, 0.25) is 11.8 Å².